The standard InChI is InChI=1S/C8H16O4.C7H13FO3.C7H14O3/c1-5-4-12-6(3-9)7(10)8(5)11-2;1-4-3-11-5(2-9)7(10)6(4)8;1-5-2-6(9)7(3-8)10-4-5/h5-10H,3-4H2,1-2H3;4-7,9-10H,2-3H2,1H3;5-9H,2-4H2,1H3/t5-,6-,7-,8+;4-,5-,6+,7-;5-,6-,7+/m110/s1. The number of alkyl halides is 1. The van der Waals surface area contributed by atoms with Crippen LogP contribution in [-0.2, 0) is 18.9 Å². The summed E-state index contributed by atoms with van der Waals surface area (Å²) in [5, 5.41) is 54.1. The third-order valence-corrected chi connectivity index (χ3v) is 6.16. The summed E-state index contributed by atoms with van der Waals surface area (Å²) in [5.74, 6) is 0.304. The summed E-state index contributed by atoms with van der Waals surface area (Å²) < 4.78 is 33.4. The van der Waals surface area contributed by atoms with Crippen LogP contribution in [0.25, 0.3) is 0 Å². The van der Waals surface area contributed by atoms with Gasteiger partial charge in [0.15, 0.2) is 0 Å². The van der Waals surface area contributed by atoms with Gasteiger partial charge in [-0.3, -0.25) is 0 Å². The van der Waals surface area contributed by atoms with Gasteiger partial charge in [0.25, 0.3) is 0 Å². The number of halogens is 1. The molecule has 0 spiro atoms. The Hall–Kier alpha value is -0.470. The van der Waals surface area contributed by atoms with Crippen LogP contribution in [-0.4, -0.2) is 126 Å². The van der Waals surface area contributed by atoms with E-state index in [9.17, 15) is 14.6 Å². The Bertz CT molecular complexity index is 514. The number of hydrogen-bond acceptors (Lipinski definition) is 10. The summed E-state index contributed by atoms with van der Waals surface area (Å²) in [7, 11) is 1.56. The highest BCUT2D eigenvalue weighted by molar-refractivity contribution is 4.86. The van der Waals surface area contributed by atoms with Crippen molar-refractivity contribution in [1.82, 2.24) is 0 Å². The van der Waals surface area contributed by atoms with Gasteiger partial charge in [-0.25, -0.2) is 4.39 Å². The number of hydrogen-bond donors (Lipinski definition) is 6. The van der Waals surface area contributed by atoms with Crippen molar-refractivity contribution < 1.29 is 54.0 Å². The van der Waals surface area contributed by atoms with Crippen LogP contribution in [0.1, 0.15) is 27.2 Å². The molecule has 0 bridgehead atoms. The van der Waals surface area contributed by atoms with Gasteiger partial charge in [-0.2, -0.15) is 0 Å². The first kappa shape index (κ1) is 30.6. The van der Waals surface area contributed by atoms with E-state index < -0.39 is 36.7 Å². The maximum Gasteiger partial charge on any atom is 0.133 e. The number of aliphatic hydroxyl groups is 6. The molecule has 0 unspecified atom stereocenters. The molecule has 0 aromatic heterocycles. The van der Waals surface area contributed by atoms with Crippen LogP contribution in [0, 0.1) is 17.8 Å². The van der Waals surface area contributed by atoms with Crippen molar-refractivity contribution in [2.75, 3.05) is 46.8 Å². The molecular formula is C22H43FO10. The molecule has 3 fully saturated rings. The van der Waals surface area contributed by atoms with Crippen molar-refractivity contribution in [3.63, 3.8) is 0 Å². The smallest absolute Gasteiger partial charge is 0.133 e. The zero-order valence-electron chi connectivity index (χ0n) is 20.0. The Morgan fingerprint density at radius 1 is 0.758 bits per heavy atom. The molecule has 0 saturated carbocycles. The van der Waals surface area contributed by atoms with Crippen LogP contribution in [0.4, 0.5) is 4.39 Å². The molecule has 3 aliphatic heterocycles. The molecule has 198 valence electrons. The zero-order valence-corrected chi connectivity index (χ0v) is 20.0. The minimum atomic E-state index is -1.28. The summed E-state index contributed by atoms with van der Waals surface area (Å²) in [6, 6.07) is 0. The van der Waals surface area contributed by atoms with Crippen LogP contribution in [0.15, 0.2) is 0 Å². The van der Waals surface area contributed by atoms with Crippen molar-refractivity contribution in [2.45, 2.75) is 76.1 Å². The maximum atomic E-state index is 13.0. The van der Waals surface area contributed by atoms with E-state index in [4.69, 9.17) is 39.4 Å². The molecule has 11 atom stereocenters. The van der Waals surface area contributed by atoms with Gasteiger partial charge in [0.1, 0.15) is 36.7 Å². The van der Waals surface area contributed by atoms with Crippen molar-refractivity contribution >= 4 is 0 Å². The van der Waals surface area contributed by atoms with E-state index in [0.29, 0.717) is 19.1 Å². The third kappa shape index (κ3) is 9.25. The molecule has 0 amide bonds. The largest absolute Gasteiger partial charge is 0.394 e. The first-order valence-electron chi connectivity index (χ1n) is 11.5. The summed E-state index contributed by atoms with van der Waals surface area (Å²) in [5.41, 5.74) is 0. The lowest BCUT2D eigenvalue weighted by molar-refractivity contribution is -0.179. The zero-order chi connectivity index (χ0) is 25.1. The van der Waals surface area contributed by atoms with Gasteiger partial charge in [0.05, 0.1) is 45.2 Å². The highest BCUT2D eigenvalue weighted by Crippen LogP contribution is 2.23. The molecule has 3 rings (SSSR count). The Kier molecular flexibility index (Phi) is 14.4. The summed E-state index contributed by atoms with van der Waals surface area (Å²) in [6.07, 6.45) is -4.73. The second-order valence-electron chi connectivity index (χ2n) is 9.15. The Balaban J connectivity index is 0.000000249. The van der Waals surface area contributed by atoms with Crippen LogP contribution < -0.4 is 0 Å². The maximum absolute atomic E-state index is 13.0. The Labute approximate surface area is 195 Å². The second-order valence-corrected chi connectivity index (χ2v) is 9.15. The van der Waals surface area contributed by atoms with E-state index >= 15 is 0 Å². The number of methoxy groups -OCH3 is 1. The normalized spacial score (nSPS) is 43.5. The monoisotopic (exact) mass is 486 g/mol. The van der Waals surface area contributed by atoms with E-state index in [-0.39, 0.29) is 50.5 Å². The van der Waals surface area contributed by atoms with Crippen LogP contribution in [0.2, 0.25) is 0 Å². The fourth-order valence-corrected chi connectivity index (χ4v) is 3.92. The van der Waals surface area contributed by atoms with Crippen molar-refractivity contribution in [3.05, 3.63) is 0 Å². The lowest BCUT2D eigenvalue weighted by Crippen LogP contribution is -2.51. The van der Waals surface area contributed by atoms with E-state index in [1.165, 1.54) is 0 Å². The van der Waals surface area contributed by atoms with E-state index in [2.05, 4.69) is 0 Å². The molecule has 33 heavy (non-hydrogen) atoms. The van der Waals surface area contributed by atoms with Gasteiger partial charge in [-0.1, -0.05) is 20.8 Å². The van der Waals surface area contributed by atoms with Gasteiger partial charge in [-0.15, -0.1) is 0 Å². The van der Waals surface area contributed by atoms with Gasteiger partial charge < -0.3 is 49.6 Å². The Morgan fingerprint density at radius 3 is 1.73 bits per heavy atom. The highest BCUT2D eigenvalue weighted by Gasteiger charge is 2.37. The van der Waals surface area contributed by atoms with Gasteiger partial charge in [0, 0.05) is 25.6 Å². The van der Waals surface area contributed by atoms with E-state index in [1.807, 2.05) is 13.8 Å². The van der Waals surface area contributed by atoms with Crippen molar-refractivity contribution in [1.29, 1.82) is 0 Å². The van der Waals surface area contributed by atoms with Crippen LogP contribution in [0.5, 0.6) is 0 Å². The Morgan fingerprint density at radius 2 is 1.24 bits per heavy atom. The molecule has 3 aliphatic rings. The molecule has 0 radical (unpaired) electrons. The predicted molar refractivity (Wildman–Crippen MR) is 116 cm³/mol. The molecule has 3 saturated heterocycles. The molecule has 6 N–H and O–H groups in total. The average Bonchev–Trinajstić information content (AvgIpc) is 2.79. The van der Waals surface area contributed by atoms with E-state index in [0.717, 1.165) is 6.42 Å². The van der Waals surface area contributed by atoms with Crippen LogP contribution in [0.3, 0.4) is 0 Å². The molecule has 3 heterocycles. The quantitative estimate of drug-likeness (QED) is 0.287. The molecule has 0 aliphatic carbocycles. The third-order valence-electron chi connectivity index (χ3n) is 6.16. The summed E-state index contributed by atoms with van der Waals surface area (Å²) >= 11 is 0. The molecule has 0 aromatic carbocycles. The first-order valence-corrected chi connectivity index (χ1v) is 11.5. The summed E-state index contributed by atoms with van der Waals surface area (Å²) in [6.45, 7) is 6.53. The minimum Gasteiger partial charge on any atom is -0.394 e. The van der Waals surface area contributed by atoms with Crippen LogP contribution >= 0.6 is 0 Å². The lowest BCUT2D eigenvalue weighted by atomic mass is 9.94. The van der Waals surface area contributed by atoms with Gasteiger partial charge >= 0.3 is 0 Å². The molecular weight excluding hydrogens is 443 g/mol. The number of ether oxygens (including phenoxy) is 4. The SMILES string of the molecule is CO[C@@H]1[C@H](O)[C@@H](CO)OC[C@H]1C.C[C@@H]1CO[C@H](CO)[C@@H](O)C1.C[C@@H]1CO[C@H](CO)[C@@H](O)[C@H]1F. The predicted octanol–water partition coefficient (Wildman–Crippen LogP) is -1.13. The molecule has 11 heteroatoms. The van der Waals surface area contributed by atoms with Gasteiger partial charge in [-0.05, 0) is 12.3 Å². The van der Waals surface area contributed by atoms with Gasteiger partial charge in [0.2, 0.25) is 0 Å². The number of aliphatic hydroxyl groups excluding tert-OH is 6. The second kappa shape index (κ2) is 15.5. The van der Waals surface area contributed by atoms with Crippen molar-refractivity contribution in [3.8, 4) is 0 Å². The fraction of sp³-hybridized carbons (Fsp3) is 1.00. The minimum absolute atomic E-state index is 0.0755. The molecule has 0 aromatic rings. The van der Waals surface area contributed by atoms with Crippen molar-refractivity contribution in [2.24, 2.45) is 17.8 Å². The number of rotatable bonds is 4. The average molecular weight is 487 g/mol. The fourth-order valence-electron chi connectivity index (χ4n) is 3.92. The first-order chi connectivity index (χ1) is 15.6. The van der Waals surface area contributed by atoms with E-state index in [1.54, 1.807) is 14.0 Å². The lowest BCUT2D eigenvalue weighted by Gasteiger charge is -2.37. The summed E-state index contributed by atoms with van der Waals surface area (Å²) in [4.78, 5) is 0. The highest BCUT2D eigenvalue weighted by atomic mass is 19.1. The topological polar surface area (TPSA) is 158 Å². The molecule has 10 nitrogen and oxygen atoms in total.